The number of anilines is 1. The second-order valence-corrected chi connectivity index (χ2v) is 3.09. The molecule has 0 aliphatic heterocycles. The summed E-state index contributed by atoms with van der Waals surface area (Å²) in [6.45, 7) is 2.25. The molecule has 1 N–H and O–H groups in total. The van der Waals surface area contributed by atoms with Gasteiger partial charge in [0.15, 0.2) is 0 Å². The van der Waals surface area contributed by atoms with Gasteiger partial charge in [-0.2, -0.15) is 4.39 Å². The Hall–Kier alpha value is -1.91. The second-order valence-electron chi connectivity index (χ2n) is 3.09. The molecule has 15 heavy (non-hydrogen) atoms. The molecule has 0 unspecified atom stereocenters. The summed E-state index contributed by atoms with van der Waals surface area (Å²) in [6.07, 6.45) is 3.04. The minimum absolute atomic E-state index is 0.428. The summed E-state index contributed by atoms with van der Waals surface area (Å²) in [7, 11) is 0. The molecule has 2 rings (SSSR count). The fraction of sp³-hybridized carbons (Fsp3) is 0.200. The molecule has 0 saturated heterocycles. The molecule has 5 heteroatoms. The fourth-order valence-electron chi connectivity index (χ4n) is 1.17. The smallest absolute Gasteiger partial charge is 0.214 e. The Bertz CT molecular complexity index is 455. The number of hydrogen-bond donors (Lipinski definition) is 1. The minimum atomic E-state index is -0.511. The van der Waals surface area contributed by atoms with E-state index in [9.17, 15) is 4.39 Å². The Morgan fingerprint density at radius 1 is 1.47 bits per heavy atom. The van der Waals surface area contributed by atoms with Crippen molar-refractivity contribution in [1.82, 2.24) is 9.97 Å². The molecular weight excluding hydrogens is 197 g/mol. The summed E-state index contributed by atoms with van der Waals surface area (Å²) in [4.78, 5) is 7.47. The van der Waals surface area contributed by atoms with E-state index in [2.05, 4.69) is 15.3 Å². The van der Waals surface area contributed by atoms with E-state index < -0.39 is 5.95 Å². The third-order valence-electron chi connectivity index (χ3n) is 1.84. The van der Waals surface area contributed by atoms with Gasteiger partial charge < -0.3 is 9.73 Å². The van der Waals surface area contributed by atoms with E-state index in [1.807, 2.05) is 6.92 Å². The largest absolute Gasteiger partial charge is 0.444 e. The summed E-state index contributed by atoms with van der Waals surface area (Å²) < 4.78 is 18.0. The molecule has 0 atom stereocenters. The number of rotatable bonds is 3. The molecule has 0 radical (unpaired) electrons. The minimum Gasteiger partial charge on any atom is -0.444 e. The first-order valence-electron chi connectivity index (χ1n) is 4.51. The van der Waals surface area contributed by atoms with Crippen LogP contribution in [0.5, 0.6) is 0 Å². The molecule has 0 amide bonds. The average molecular weight is 207 g/mol. The average Bonchev–Trinajstić information content (AvgIpc) is 2.62. The highest BCUT2D eigenvalue weighted by Gasteiger charge is 2.00. The lowest BCUT2D eigenvalue weighted by Crippen LogP contribution is -2.00. The SMILES string of the molecule is Cc1cnc(CNc2ccnc(F)c2)o1. The lowest BCUT2D eigenvalue weighted by Gasteiger charge is -2.02. The van der Waals surface area contributed by atoms with Crippen LogP contribution in [0.1, 0.15) is 11.7 Å². The first-order chi connectivity index (χ1) is 7.24. The van der Waals surface area contributed by atoms with Crippen LogP contribution >= 0.6 is 0 Å². The van der Waals surface area contributed by atoms with Crippen molar-refractivity contribution in [2.24, 2.45) is 0 Å². The topological polar surface area (TPSA) is 51.0 Å². The van der Waals surface area contributed by atoms with Gasteiger partial charge in [-0.25, -0.2) is 9.97 Å². The van der Waals surface area contributed by atoms with Gasteiger partial charge in [0, 0.05) is 18.0 Å². The zero-order valence-corrected chi connectivity index (χ0v) is 8.20. The van der Waals surface area contributed by atoms with E-state index in [1.165, 1.54) is 12.3 Å². The monoisotopic (exact) mass is 207 g/mol. The van der Waals surface area contributed by atoms with Crippen molar-refractivity contribution in [3.05, 3.63) is 42.1 Å². The molecule has 2 heterocycles. The maximum atomic E-state index is 12.7. The van der Waals surface area contributed by atoms with Crippen molar-refractivity contribution in [3.63, 3.8) is 0 Å². The normalized spacial score (nSPS) is 10.3. The van der Waals surface area contributed by atoms with E-state index in [0.29, 0.717) is 18.1 Å². The summed E-state index contributed by atoms with van der Waals surface area (Å²) in [5, 5.41) is 2.98. The van der Waals surface area contributed by atoms with E-state index in [4.69, 9.17) is 4.42 Å². The van der Waals surface area contributed by atoms with E-state index in [-0.39, 0.29) is 0 Å². The lowest BCUT2D eigenvalue weighted by atomic mass is 10.4. The van der Waals surface area contributed by atoms with Crippen molar-refractivity contribution in [2.45, 2.75) is 13.5 Å². The molecule has 0 aromatic carbocycles. The van der Waals surface area contributed by atoms with Crippen molar-refractivity contribution in [3.8, 4) is 0 Å². The number of oxazole rings is 1. The van der Waals surface area contributed by atoms with Gasteiger partial charge in [0.25, 0.3) is 0 Å². The first kappa shape index (κ1) is 9.64. The number of nitrogens with zero attached hydrogens (tertiary/aromatic N) is 2. The van der Waals surface area contributed by atoms with Crippen LogP contribution in [0, 0.1) is 12.9 Å². The van der Waals surface area contributed by atoms with Crippen molar-refractivity contribution >= 4 is 5.69 Å². The fourth-order valence-corrected chi connectivity index (χ4v) is 1.17. The molecule has 0 bridgehead atoms. The molecule has 2 aromatic heterocycles. The van der Waals surface area contributed by atoms with Crippen molar-refractivity contribution in [1.29, 1.82) is 0 Å². The van der Waals surface area contributed by atoms with Crippen LogP contribution in [-0.4, -0.2) is 9.97 Å². The van der Waals surface area contributed by atoms with Gasteiger partial charge in [0.2, 0.25) is 11.8 Å². The van der Waals surface area contributed by atoms with Crippen molar-refractivity contribution in [2.75, 3.05) is 5.32 Å². The summed E-state index contributed by atoms with van der Waals surface area (Å²) >= 11 is 0. The van der Waals surface area contributed by atoms with Gasteiger partial charge in [-0.1, -0.05) is 0 Å². The van der Waals surface area contributed by atoms with Gasteiger partial charge in [0.1, 0.15) is 5.76 Å². The molecule has 78 valence electrons. The number of halogens is 1. The third-order valence-corrected chi connectivity index (χ3v) is 1.84. The molecular formula is C10H10FN3O. The number of pyridine rings is 1. The maximum absolute atomic E-state index is 12.7. The Labute approximate surface area is 86.2 Å². The standard InChI is InChI=1S/C10H10FN3O/c1-7-5-14-10(15-7)6-13-8-2-3-12-9(11)4-8/h2-5H,6H2,1H3,(H,12,13). The number of aromatic nitrogens is 2. The molecule has 4 nitrogen and oxygen atoms in total. The maximum Gasteiger partial charge on any atom is 0.214 e. The predicted molar refractivity (Wildman–Crippen MR) is 52.8 cm³/mol. The molecule has 0 aliphatic rings. The lowest BCUT2D eigenvalue weighted by molar-refractivity contribution is 0.479. The molecule has 2 aromatic rings. The quantitative estimate of drug-likeness (QED) is 0.783. The zero-order valence-electron chi connectivity index (χ0n) is 8.20. The Balaban J connectivity index is 1.99. The molecule has 0 fully saturated rings. The Morgan fingerprint density at radius 2 is 2.33 bits per heavy atom. The highest BCUT2D eigenvalue weighted by Crippen LogP contribution is 2.09. The van der Waals surface area contributed by atoms with Crippen LogP contribution in [0.4, 0.5) is 10.1 Å². The van der Waals surface area contributed by atoms with Crippen LogP contribution in [0.3, 0.4) is 0 Å². The Kier molecular flexibility index (Phi) is 2.62. The van der Waals surface area contributed by atoms with Gasteiger partial charge in [-0.05, 0) is 13.0 Å². The first-order valence-corrected chi connectivity index (χ1v) is 4.51. The summed E-state index contributed by atoms with van der Waals surface area (Å²) in [5.74, 6) is 0.820. The number of nitrogens with one attached hydrogen (secondary N) is 1. The summed E-state index contributed by atoms with van der Waals surface area (Å²) in [6, 6.07) is 2.99. The van der Waals surface area contributed by atoms with Crippen LogP contribution in [0.15, 0.2) is 28.9 Å². The number of aryl methyl sites for hydroxylation is 1. The van der Waals surface area contributed by atoms with Crippen LogP contribution in [0.25, 0.3) is 0 Å². The molecule has 0 saturated carbocycles. The predicted octanol–water partition coefficient (Wildman–Crippen LogP) is 2.13. The van der Waals surface area contributed by atoms with Crippen LogP contribution < -0.4 is 5.32 Å². The second kappa shape index (κ2) is 4.08. The van der Waals surface area contributed by atoms with Gasteiger partial charge in [-0.15, -0.1) is 0 Å². The molecule has 0 aliphatic carbocycles. The molecule has 0 spiro atoms. The van der Waals surface area contributed by atoms with Crippen molar-refractivity contribution < 1.29 is 8.81 Å². The highest BCUT2D eigenvalue weighted by atomic mass is 19.1. The van der Waals surface area contributed by atoms with Gasteiger partial charge in [-0.3, -0.25) is 0 Å². The van der Waals surface area contributed by atoms with Crippen LogP contribution in [0.2, 0.25) is 0 Å². The van der Waals surface area contributed by atoms with E-state index in [0.717, 1.165) is 5.76 Å². The summed E-state index contributed by atoms with van der Waals surface area (Å²) in [5.41, 5.74) is 0.651. The third kappa shape index (κ3) is 2.52. The van der Waals surface area contributed by atoms with E-state index >= 15 is 0 Å². The van der Waals surface area contributed by atoms with Crippen LogP contribution in [-0.2, 0) is 6.54 Å². The Morgan fingerprint density at radius 3 is 3.00 bits per heavy atom. The van der Waals surface area contributed by atoms with E-state index in [1.54, 1.807) is 12.3 Å². The van der Waals surface area contributed by atoms with Gasteiger partial charge in [0.05, 0.1) is 12.7 Å². The zero-order chi connectivity index (χ0) is 10.7. The van der Waals surface area contributed by atoms with Gasteiger partial charge >= 0.3 is 0 Å². The highest BCUT2D eigenvalue weighted by molar-refractivity contribution is 5.41. The number of hydrogen-bond acceptors (Lipinski definition) is 4.